The number of amides is 2. The first-order chi connectivity index (χ1) is 19.5. The van der Waals surface area contributed by atoms with Crippen molar-refractivity contribution in [3.05, 3.63) is 60.6 Å². The molecule has 0 aliphatic carbocycles. The fourth-order valence-corrected chi connectivity index (χ4v) is 4.66. The number of carbonyl (C=O) groups is 2. The van der Waals surface area contributed by atoms with Gasteiger partial charge in [0.25, 0.3) is 5.91 Å². The average Bonchev–Trinajstić information content (AvgIpc) is 3.62. The third kappa shape index (κ3) is 7.07. The smallest absolute Gasteiger partial charge is 0.253 e. The molecule has 5 rings (SSSR count). The van der Waals surface area contributed by atoms with E-state index in [9.17, 15) is 9.59 Å². The Morgan fingerprint density at radius 1 is 1.20 bits per heavy atom. The monoisotopic (exact) mass is 550 g/mol. The van der Waals surface area contributed by atoms with Gasteiger partial charge in [-0.25, -0.2) is 4.98 Å². The van der Waals surface area contributed by atoms with Crippen molar-refractivity contribution in [2.45, 2.75) is 38.1 Å². The molecule has 2 aliphatic rings. The summed E-state index contributed by atoms with van der Waals surface area (Å²) in [5.74, 6) is 1.47. The number of ether oxygens (including phenoxy) is 4. The summed E-state index contributed by atoms with van der Waals surface area (Å²) in [7, 11) is 1.54. The summed E-state index contributed by atoms with van der Waals surface area (Å²) >= 11 is 0. The molecular formula is C28H34N6O6. The molecule has 1 aromatic carbocycles. The van der Waals surface area contributed by atoms with Gasteiger partial charge in [-0.05, 0) is 25.1 Å². The zero-order chi connectivity index (χ0) is 27.9. The predicted molar refractivity (Wildman–Crippen MR) is 145 cm³/mol. The molecule has 0 bridgehead atoms. The van der Waals surface area contributed by atoms with Crippen molar-refractivity contribution in [1.29, 1.82) is 0 Å². The molecule has 212 valence electrons. The van der Waals surface area contributed by atoms with Crippen molar-refractivity contribution < 1.29 is 28.5 Å². The van der Waals surface area contributed by atoms with Crippen molar-refractivity contribution in [1.82, 2.24) is 25.0 Å². The second-order valence-electron chi connectivity index (χ2n) is 9.82. The SMILES string of the molecule is COc1cc(O[C@H]2CO[C@H](C(=O)Nc3cnn(CC(=O)N4CCNC[C@H]4COc4ccc(C)cc4)c3)C2)ccn1. The molecule has 12 nitrogen and oxygen atoms in total. The van der Waals surface area contributed by atoms with Crippen molar-refractivity contribution in [2.24, 2.45) is 0 Å². The maximum Gasteiger partial charge on any atom is 0.253 e. The van der Waals surface area contributed by atoms with Gasteiger partial charge in [-0.2, -0.15) is 5.10 Å². The number of aryl methyl sites for hydroxylation is 1. The van der Waals surface area contributed by atoms with Crippen LogP contribution in [0.4, 0.5) is 5.69 Å². The Labute approximate surface area is 232 Å². The van der Waals surface area contributed by atoms with Gasteiger partial charge in [0.05, 0.1) is 31.6 Å². The van der Waals surface area contributed by atoms with E-state index in [0.29, 0.717) is 50.0 Å². The average molecular weight is 551 g/mol. The van der Waals surface area contributed by atoms with E-state index in [1.807, 2.05) is 36.1 Å². The van der Waals surface area contributed by atoms with Crippen LogP contribution in [0, 0.1) is 6.92 Å². The Bertz CT molecular complexity index is 1300. The van der Waals surface area contributed by atoms with Gasteiger partial charge < -0.3 is 34.5 Å². The minimum atomic E-state index is -0.658. The minimum absolute atomic E-state index is 0.0577. The second-order valence-corrected chi connectivity index (χ2v) is 9.82. The second kappa shape index (κ2) is 12.8. The summed E-state index contributed by atoms with van der Waals surface area (Å²) in [4.78, 5) is 31.8. The normalized spacial score (nSPS) is 20.6. The van der Waals surface area contributed by atoms with E-state index in [1.165, 1.54) is 18.0 Å². The maximum absolute atomic E-state index is 13.1. The molecule has 4 heterocycles. The van der Waals surface area contributed by atoms with Crippen LogP contribution in [0.5, 0.6) is 17.4 Å². The van der Waals surface area contributed by atoms with Gasteiger partial charge in [-0.3, -0.25) is 14.3 Å². The van der Waals surface area contributed by atoms with E-state index in [-0.39, 0.29) is 37.1 Å². The Kier molecular flexibility index (Phi) is 8.77. The Hall–Kier alpha value is -4.16. The van der Waals surface area contributed by atoms with Crippen LogP contribution in [0.25, 0.3) is 0 Å². The number of benzene rings is 1. The maximum atomic E-state index is 13.1. The van der Waals surface area contributed by atoms with Crippen LogP contribution in [0.3, 0.4) is 0 Å². The summed E-state index contributed by atoms with van der Waals surface area (Å²) in [6.07, 6.45) is 4.23. The Morgan fingerprint density at radius 2 is 2.05 bits per heavy atom. The highest BCUT2D eigenvalue weighted by Crippen LogP contribution is 2.23. The van der Waals surface area contributed by atoms with Gasteiger partial charge in [-0.1, -0.05) is 17.7 Å². The highest BCUT2D eigenvalue weighted by molar-refractivity contribution is 5.94. The molecule has 0 saturated carbocycles. The number of anilines is 1. The first-order valence-electron chi connectivity index (χ1n) is 13.3. The number of nitrogens with zero attached hydrogens (tertiary/aromatic N) is 4. The number of carbonyl (C=O) groups excluding carboxylic acids is 2. The lowest BCUT2D eigenvalue weighted by atomic mass is 10.2. The molecule has 2 fully saturated rings. The number of hydrogen-bond donors (Lipinski definition) is 2. The summed E-state index contributed by atoms with van der Waals surface area (Å²) < 4.78 is 24.2. The van der Waals surface area contributed by atoms with Gasteiger partial charge in [0.1, 0.15) is 36.9 Å². The molecular weight excluding hydrogens is 516 g/mol. The lowest BCUT2D eigenvalue weighted by Gasteiger charge is -2.36. The molecule has 3 atom stereocenters. The number of pyridine rings is 1. The van der Waals surface area contributed by atoms with Crippen LogP contribution in [0.1, 0.15) is 12.0 Å². The Balaban J connectivity index is 1.10. The van der Waals surface area contributed by atoms with E-state index in [4.69, 9.17) is 18.9 Å². The number of hydrogen-bond acceptors (Lipinski definition) is 9. The van der Waals surface area contributed by atoms with Crippen LogP contribution in [0.2, 0.25) is 0 Å². The summed E-state index contributed by atoms with van der Waals surface area (Å²) in [5, 5.41) is 10.4. The van der Waals surface area contributed by atoms with Gasteiger partial charge >= 0.3 is 0 Å². The van der Waals surface area contributed by atoms with Gasteiger partial charge in [0, 0.05) is 44.5 Å². The van der Waals surface area contributed by atoms with Crippen molar-refractivity contribution in [2.75, 3.05) is 45.3 Å². The third-order valence-corrected chi connectivity index (χ3v) is 6.80. The van der Waals surface area contributed by atoms with E-state index in [0.717, 1.165) is 11.3 Å². The fraction of sp³-hybridized carbons (Fsp3) is 0.429. The molecule has 12 heteroatoms. The first-order valence-corrected chi connectivity index (χ1v) is 13.3. The molecule has 2 saturated heterocycles. The number of methoxy groups -OCH3 is 1. The topological polar surface area (TPSA) is 129 Å². The fourth-order valence-electron chi connectivity index (χ4n) is 4.66. The third-order valence-electron chi connectivity index (χ3n) is 6.80. The number of aromatic nitrogens is 3. The zero-order valence-corrected chi connectivity index (χ0v) is 22.6. The van der Waals surface area contributed by atoms with E-state index >= 15 is 0 Å². The molecule has 2 N–H and O–H groups in total. The van der Waals surface area contributed by atoms with E-state index in [2.05, 4.69) is 20.7 Å². The zero-order valence-electron chi connectivity index (χ0n) is 22.6. The molecule has 0 radical (unpaired) electrons. The van der Waals surface area contributed by atoms with Gasteiger partial charge in [0.2, 0.25) is 11.8 Å². The van der Waals surface area contributed by atoms with Crippen LogP contribution in [0.15, 0.2) is 55.0 Å². The predicted octanol–water partition coefficient (Wildman–Crippen LogP) is 1.65. The quantitative estimate of drug-likeness (QED) is 0.387. The molecule has 2 aliphatic heterocycles. The molecule has 40 heavy (non-hydrogen) atoms. The van der Waals surface area contributed by atoms with Gasteiger partial charge in [-0.15, -0.1) is 0 Å². The lowest BCUT2D eigenvalue weighted by Crippen LogP contribution is -2.56. The molecule has 0 unspecified atom stereocenters. The van der Waals surface area contributed by atoms with Crippen LogP contribution in [-0.4, -0.2) is 89.7 Å². The van der Waals surface area contributed by atoms with Crippen molar-refractivity contribution in [3.63, 3.8) is 0 Å². The highest BCUT2D eigenvalue weighted by Gasteiger charge is 2.33. The van der Waals surface area contributed by atoms with Crippen molar-refractivity contribution >= 4 is 17.5 Å². The van der Waals surface area contributed by atoms with Crippen LogP contribution >= 0.6 is 0 Å². The number of piperazine rings is 1. The molecule has 2 amide bonds. The summed E-state index contributed by atoms with van der Waals surface area (Å²) in [5.41, 5.74) is 1.65. The summed E-state index contributed by atoms with van der Waals surface area (Å²) in [6, 6.07) is 11.2. The first kappa shape index (κ1) is 27.4. The highest BCUT2D eigenvalue weighted by atomic mass is 16.6. The van der Waals surface area contributed by atoms with Gasteiger partial charge in [0.15, 0.2) is 0 Å². The largest absolute Gasteiger partial charge is 0.491 e. The van der Waals surface area contributed by atoms with Crippen LogP contribution < -0.4 is 24.8 Å². The molecule has 2 aromatic heterocycles. The van der Waals surface area contributed by atoms with E-state index < -0.39 is 6.10 Å². The Morgan fingerprint density at radius 3 is 2.88 bits per heavy atom. The number of nitrogens with one attached hydrogen (secondary N) is 2. The molecule has 3 aromatic rings. The number of rotatable bonds is 10. The van der Waals surface area contributed by atoms with E-state index in [1.54, 1.807) is 24.5 Å². The van der Waals surface area contributed by atoms with Crippen LogP contribution in [-0.2, 0) is 20.9 Å². The van der Waals surface area contributed by atoms with Crippen molar-refractivity contribution in [3.8, 4) is 17.4 Å². The standard InChI is InChI=1S/C28H34N6O6/c1-19-3-5-22(6-4-19)38-17-21-14-29-9-10-34(21)27(35)16-33-15-20(13-31-33)32-28(36)25-11-24(18-39-25)40-23-7-8-30-26(12-23)37-2/h3-8,12-13,15,21,24-25,29H,9-11,14,16-18H2,1-2H3,(H,32,36)/t21-,24+,25-/m0/s1. The lowest BCUT2D eigenvalue weighted by molar-refractivity contribution is -0.136. The minimum Gasteiger partial charge on any atom is -0.491 e. The molecule has 0 spiro atoms. The summed E-state index contributed by atoms with van der Waals surface area (Å²) in [6.45, 7) is 4.71.